The number of ketones is 1. The maximum atomic E-state index is 11.8. The highest BCUT2D eigenvalue weighted by Crippen LogP contribution is 2.31. The predicted octanol–water partition coefficient (Wildman–Crippen LogP) is 4.06. The highest BCUT2D eigenvalue weighted by Gasteiger charge is 2.22. The van der Waals surface area contributed by atoms with Crippen molar-refractivity contribution in [3.63, 3.8) is 0 Å². The number of hydrogen-bond acceptors (Lipinski definition) is 5. The lowest BCUT2D eigenvalue weighted by molar-refractivity contribution is 0.0994. The van der Waals surface area contributed by atoms with Gasteiger partial charge >= 0.3 is 0 Å². The number of oxazole rings is 1. The van der Waals surface area contributed by atoms with Crippen LogP contribution in [0.1, 0.15) is 28.0 Å². The molecule has 1 heterocycles. The van der Waals surface area contributed by atoms with Gasteiger partial charge in [0, 0.05) is 23.1 Å². The number of carbonyl (C=O) groups excluding carboxylic acids is 1. The van der Waals surface area contributed by atoms with E-state index in [4.69, 9.17) is 13.9 Å². The van der Waals surface area contributed by atoms with Crippen LogP contribution in [0.25, 0.3) is 11.5 Å². The van der Waals surface area contributed by atoms with Gasteiger partial charge in [0.05, 0.1) is 7.11 Å². The molecule has 4 rings (SSSR count). The number of rotatable bonds is 5. The molecular weight excluding hydrogens is 318 g/mol. The van der Waals surface area contributed by atoms with Gasteiger partial charge in [-0.25, -0.2) is 4.98 Å². The third-order valence-electron chi connectivity index (χ3n) is 4.30. The molecular formula is C20H17NO4. The summed E-state index contributed by atoms with van der Waals surface area (Å²) < 4.78 is 16.6. The number of fused-ring (bicyclic) bond motifs is 1. The van der Waals surface area contributed by atoms with E-state index in [0.717, 1.165) is 34.6 Å². The predicted molar refractivity (Wildman–Crippen MR) is 91.9 cm³/mol. The Morgan fingerprint density at radius 1 is 1.12 bits per heavy atom. The summed E-state index contributed by atoms with van der Waals surface area (Å²) in [7, 11) is 1.63. The molecule has 2 aromatic carbocycles. The van der Waals surface area contributed by atoms with Crippen molar-refractivity contribution in [2.24, 2.45) is 0 Å². The van der Waals surface area contributed by atoms with Crippen molar-refractivity contribution in [3.05, 3.63) is 65.5 Å². The Labute approximate surface area is 145 Å². The molecule has 0 aliphatic heterocycles. The quantitative estimate of drug-likeness (QED) is 0.704. The van der Waals surface area contributed by atoms with E-state index in [0.29, 0.717) is 24.6 Å². The first kappa shape index (κ1) is 15.4. The Balaban J connectivity index is 1.48. The summed E-state index contributed by atoms with van der Waals surface area (Å²) in [5.41, 5.74) is 3.34. The number of ether oxygens (including phenoxy) is 2. The second kappa shape index (κ2) is 6.43. The number of methoxy groups -OCH3 is 1. The lowest BCUT2D eigenvalue weighted by Gasteiger charge is -2.08. The summed E-state index contributed by atoms with van der Waals surface area (Å²) in [5.74, 6) is 2.25. The molecule has 0 bridgehead atoms. The molecule has 1 aliphatic rings. The van der Waals surface area contributed by atoms with Crippen molar-refractivity contribution < 1.29 is 18.7 Å². The summed E-state index contributed by atoms with van der Waals surface area (Å²) in [6.07, 6.45) is 2.88. The lowest BCUT2D eigenvalue weighted by Crippen LogP contribution is -1.99. The second-order valence-corrected chi connectivity index (χ2v) is 5.87. The largest absolute Gasteiger partial charge is 0.497 e. The third kappa shape index (κ3) is 3.01. The van der Waals surface area contributed by atoms with Crippen LogP contribution in [0.4, 0.5) is 0 Å². The SMILES string of the molecule is COc1ccc(-c2nc(COc3cccc4c3CCC4=O)co2)cc1. The van der Waals surface area contributed by atoms with E-state index >= 15 is 0 Å². The van der Waals surface area contributed by atoms with Gasteiger partial charge in [-0.15, -0.1) is 0 Å². The molecule has 0 saturated heterocycles. The van der Waals surface area contributed by atoms with Crippen molar-refractivity contribution in [1.82, 2.24) is 4.98 Å². The van der Waals surface area contributed by atoms with Crippen LogP contribution < -0.4 is 9.47 Å². The standard InChI is InChI=1S/C20H17NO4/c1-23-15-7-5-13(6-8-15)20-21-14(12-25-20)11-24-19-4-2-3-16-17(19)9-10-18(16)22/h2-8,12H,9-11H2,1H3. The van der Waals surface area contributed by atoms with E-state index in [-0.39, 0.29) is 5.78 Å². The number of hydrogen-bond donors (Lipinski definition) is 0. The molecule has 0 radical (unpaired) electrons. The molecule has 5 nitrogen and oxygen atoms in total. The van der Waals surface area contributed by atoms with Crippen LogP contribution in [-0.2, 0) is 13.0 Å². The fourth-order valence-corrected chi connectivity index (χ4v) is 2.98. The van der Waals surface area contributed by atoms with Crippen molar-refractivity contribution in [1.29, 1.82) is 0 Å². The van der Waals surface area contributed by atoms with Crippen molar-refractivity contribution >= 4 is 5.78 Å². The first-order valence-electron chi connectivity index (χ1n) is 8.11. The van der Waals surface area contributed by atoms with Gasteiger partial charge in [-0.05, 0) is 36.8 Å². The topological polar surface area (TPSA) is 61.6 Å². The monoisotopic (exact) mass is 335 g/mol. The zero-order chi connectivity index (χ0) is 17.2. The van der Waals surface area contributed by atoms with Crippen LogP contribution in [0, 0.1) is 0 Å². The molecule has 5 heteroatoms. The van der Waals surface area contributed by atoms with E-state index < -0.39 is 0 Å². The van der Waals surface area contributed by atoms with Gasteiger partial charge in [0.25, 0.3) is 0 Å². The minimum atomic E-state index is 0.184. The molecule has 1 aliphatic carbocycles. The second-order valence-electron chi connectivity index (χ2n) is 5.87. The van der Waals surface area contributed by atoms with Crippen LogP contribution >= 0.6 is 0 Å². The average Bonchev–Trinajstić information content (AvgIpc) is 3.28. The van der Waals surface area contributed by atoms with Gasteiger partial charge < -0.3 is 13.9 Å². The summed E-state index contributed by atoms with van der Waals surface area (Å²) >= 11 is 0. The van der Waals surface area contributed by atoms with E-state index in [9.17, 15) is 4.79 Å². The van der Waals surface area contributed by atoms with Crippen LogP contribution in [-0.4, -0.2) is 17.9 Å². The van der Waals surface area contributed by atoms with Gasteiger partial charge in [0.2, 0.25) is 5.89 Å². The smallest absolute Gasteiger partial charge is 0.226 e. The average molecular weight is 335 g/mol. The minimum absolute atomic E-state index is 0.184. The summed E-state index contributed by atoms with van der Waals surface area (Å²) in [6.45, 7) is 0.296. The molecule has 25 heavy (non-hydrogen) atoms. The number of aromatic nitrogens is 1. The molecule has 0 amide bonds. The van der Waals surface area contributed by atoms with Gasteiger partial charge in [0.15, 0.2) is 5.78 Å². The zero-order valence-corrected chi connectivity index (χ0v) is 13.8. The Bertz CT molecular complexity index is 912. The van der Waals surface area contributed by atoms with Crippen molar-refractivity contribution in [3.8, 4) is 23.0 Å². The molecule has 3 aromatic rings. The van der Waals surface area contributed by atoms with Crippen LogP contribution in [0.3, 0.4) is 0 Å². The van der Waals surface area contributed by atoms with Gasteiger partial charge in [-0.2, -0.15) is 0 Å². The minimum Gasteiger partial charge on any atom is -0.497 e. The highest BCUT2D eigenvalue weighted by molar-refractivity contribution is 6.01. The Hall–Kier alpha value is -3.08. The van der Waals surface area contributed by atoms with Crippen LogP contribution in [0.2, 0.25) is 0 Å². The number of carbonyl (C=O) groups is 1. The molecule has 0 spiro atoms. The third-order valence-corrected chi connectivity index (χ3v) is 4.30. The van der Waals surface area contributed by atoms with Crippen molar-refractivity contribution in [2.45, 2.75) is 19.4 Å². The van der Waals surface area contributed by atoms with Gasteiger partial charge in [-0.1, -0.05) is 12.1 Å². The molecule has 0 unspecified atom stereocenters. The fraction of sp³-hybridized carbons (Fsp3) is 0.200. The fourth-order valence-electron chi connectivity index (χ4n) is 2.98. The number of Topliss-reactive ketones (excluding diaryl/α,β-unsaturated/α-hetero) is 1. The number of benzene rings is 2. The molecule has 0 saturated carbocycles. The highest BCUT2D eigenvalue weighted by atomic mass is 16.5. The van der Waals surface area contributed by atoms with E-state index in [1.807, 2.05) is 42.5 Å². The van der Waals surface area contributed by atoms with Crippen molar-refractivity contribution in [2.75, 3.05) is 7.11 Å². The summed E-state index contributed by atoms with van der Waals surface area (Å²) in [5, 5.41) is 0. The summed E-state index contributed by atoms with van der Waals surface area (Å²) in [6, 6.07) is 13.1. The first-order valence-corrected chi connectivity index (χ1v) is 8.11. The maximum absolute atomic E-state index is 11.8. The normalized spacial score (nSPS) is 12.9. The zero-order valence-electron chi connectivity index (χ0n) is 13.8. The van der Waals surface area contributed by atoms with E-state index in [1.54, 1.807) is 13.4 Å². The van der Waals surface area contributed by atoms with Gasteiger partial charge in [-0.3, -0.25) is 4.79 Å². The molecule has 1 aromatic heterocycles. The molecule has 0 atom stereocenters. The molecule has 0 fully saturated rings. The summed E-state index contributed by atoms with van der Waals surface area (Å²) in [4.78, 5) is 16.3. The maximum Gasteiger partial charge on any atom is 0.226 e. The number of nitrogens with zero attached hydrogens (tertiary/aromatic N) is 1. The molecule has 0 N–H and O–H groups in total. The van der Waals surface area contributed by atoms with Crippen LogP contribution in [0.5, 0.6) is 11.5 Å². The van der Waals surface area contributed by atoms with E-state index in [1.165, 1.54) is 0 Å². The molecule has 126 valence electrons. The first-order chi connectivity index (χ1) is 12.2. The Morgan fingerprint density at radius 2 is 1.96 bits per heavy atom. The van der Waals surface area contributed by atoms with Crippen LogP contribution in [0.15, 0.2) is 53.1 Å². The van der Waals surface area contributed by atoms with E-state index in [2.05, 4.69) is 4.98 Å². The Kier molecular flexibility index (Phi) is 3.98. The van der Waals surface area contributed by atoms with Gasteiger partial charge in [0.1, 0.15) is 30.1 Å². The lowest BCUT2D eigenvalue weighted by atomic mass is 10.1. The Morgan fingerprint density at radius 3 is 2.76 bits per heavy atom.